The van der Waals surface area contributed by atoms with Gasteiger partial charge in [0.2, 0.25) is 0 Å². The van der Waals surface area contributed by atoms with Gasteiger partial charge < -0.3 is 21.3 Å². The SMILES string of the molecule is CC(N)N1CCCN2CCN(CCCN(C(C)N)CC2)CC1. The number of hydrogen-bond acceptors (Lipinski definition) is 6. The van der Waals surface area contributed by atoms with Gasteiger partial charge in [-0.25, -0.2) is 0 Å². The van der Waals surface area contributed by atoms with Crippen molar-refractivity contribution in [1.82, 2.24) is 19.6 Å². The van der Waals surface area contributed by atoms with E-state index < -0.39 is 0 Å². The summed E-state index contributed by atoms with van der Waals surface area (Å²) < 4.78 is 0. The van der Waals surface area contributed by atoms with E-state index in [2.05, 4.69) is 33.4 Å². The summed E-state index contributed by atoms with van der Waals surface area (Å²) in [6.45, 7) is 15.6. The Labute approximate surface area is 136 Å². The molecular formula is C16H36N6. The van der Waals surface area contributed by atoms with Crippen molar-refractivity contribution in [2.24, 2.45) is 11.5 Å². The first kappa shape index (κ1) is 18.1. The fraction of sp³-hybridized carbons (Fsp3) is 1.00. The third-order valence-corrected chi connectivity index (χ3v) is 5.13. The van der Waals surface area contributed by atoms with E-state index >= 15 is 0 Å². The molecule has 0 amide bonds. The lowest BCUT2D eigenvalue weighted by Gasteiger charge is -2.37. The van der Waals surface area contributed by atoms with Gasteiger partial charge in [0.05, 0.1) is 12.3 Å². The second-order valence-electron chi connectivity index (χ2n) is 6.94. The zero-order chi connectivity index (χ0) is 15.9. The second kappa shape index (κ2) is 9.15. The highest BCUT2D eigenvalue weighted by Gasteiger charge is 2.19. The predicted molar refractivity (Wildman–Crippen MR) is 92.6 cm³/mol. The van der Waals surface area contributed by atoms with Crippen molar-refractivity contribution in [3.8, 4) is 0 Å². The molecule has 0 aromatic heterocycles. The molecule has 22 heavy (non-hydrogen) atoms. The molecule has 6 nitrogen and oxygen atoms in total. The van der Waals surface area contributed by atoms with Gasteiger partial charge in [-0.3, -0.25) is 9.80 Å². The molecule has 4 unspecified atom stereocenters. The van der Waals surface area contributed by atoms with E-state index in [1.807, 2.05) is 0 Å². The van der Waals surface area contributed by atoms with Crippen LogP contribution in [0, 0.1) is 0 Å². The highest BCUT2D eigenvalue weighted by molar-refractivity contribution is 4.75. The van der Waals surface area contributed by atoms with Crippen LogP contribution in [0.15, 0.2) is 0 Å². The Morgan fingerprint density at radius 3 is 1.27 bits per heavy atom. The molecule has 6 heteroatoms. The summed E-state index contributed by atoms with van der Waals surface area (Å²) in [5.74, 6) is 0. The lowest BCUT2D eigenvalue weighted by molar-refractivity contribution is 0.0996. The Kier molecular flexibility index (Phi) is 7.53. The van der Waals surface area contributed by atoms with E-state index in [0.29, 0.717) is 0 Å². The van der Waals surface area contributed by atoms with Gasteiger partial charge in [0, 0.05) is 52.4 Å². The molecule has 0 aliphatic carbocycles. The maximum absolute atomic E-state index is 6.13. The van der Waals surface area contributed by atoms with Gasteiger partial charge in [-0.05, 0) is 39.8 Å². The molecule has 130 valence electrons. The molecule has 0 spiro atoms. The van der Waals surface area contributed by atoms with E-state index in [1.54, 1.807) is 0 Å². The fourth-order valence-corrected chi connectivity index (χ4v) is 3.53. The topological polar surface area (TPSA) is 65.0 Å². The minimum absolute atomic E-state index is 0.163. The first-order valence-electron chi connectivity index (χ1n) is 9.00. The van der Waals surface area contributed by atoms with Crippen LogP contribution in [0.5, 0.6) is 0 Å². The summed E-state index contributed by atoms with van der Waals surface area (Å²) in [5.41, 5.74) is 12.3. The summed E-state index contributed by atoms with van der Waals surface area (Å²) in [5, 5.41) is 0. The van der Waals surface area contributed by atoms with E-state index in [-0.39, 0.29) is 12.3 Å². The van der Waals surface area contributed by atoms with Crippen molar-refractivity contribution < 1.29 is 0 Å². The number of nitrogens with zero attached hydrogens (tertiary/aromatic N) is 4. The van der Waals surface area contributed by atoms with Gasteiger partial charge in [0.25, 0.3) is 0 Å². The van der Waals surface area contributed by atoms with Gasteiger partial charge in [-0.1, -0.05) is 0 Å². The van der Waals surface area contributed by atoms with E-state index in [4.69, 9.17) is 11.5 Å². The minimum Gasteiger partial charge on any atom is -0.316 e. The van der Waals surface area contributed by atoms with Crippen LogP contribution in [0.4, 0.5) is 0 Å². The lowest BCUT2D eigenvalue weighted by atomic mass is 10.2. The molecule has 4 atom stereocenters. The molecule has 0 aromatic rings. The number of fused-ring (bicyclic) bond motifs is 3. The van der Waals surface area contributed by atoms with Crippen LogP contribution < -0.4 is 11.5 Å². The van der Waals surface area contributed by atoms with Crippen molar-refractivity contribution in [3.63, 3.8) is 0 Å². The average Bonchev–Trinajstić information content (AvgIpc) is 2.49. The van der Waals surface area contributed by atoms with Crippen molar-refractivity contribution in [3.05, 3.63) is 0 Å². The summed E-state index contributed by atoms with van der Waals surface area (Å²) in [4.78, 5) is 10.1. The quantitative estimate of drug-likeness (QED) is 0.724. The van der Waals surface area contributed by atoms with Gasteiger partial charge in [-0.2, -0.15) is 0 Å². The molecule has 0 saturated carbocycles. The Morgan fingerprint density at radius 1 is 0.545 bits per heavy atom. The van der Waals surface area contributed by atoms with Crippen LogP contribution in [0.1, 0.15) is 26.7 Å². The highest BCUT2D eigenvalue weighted by atomic mass is 15.3. The van der Waals surface area contributed by atoms with Gasteiger partial charge >= 0.3 is 0 Å². The Balaban J connectivity index is 1.99. The first-order chi connectivity index (χ1) is 10.6. The van der Waals surface area contributed by atoms with E-state index in [0.717, 1.165) is 39.3 Å². The maximum atomic E-state index is 6.13. The zero-order valence-corrected chi connectivity index (χ0v) is 14.6. The molecule has 2 aliphatic heterocycles. The Hall–Kier alpha value is -0.240. The molecule has 0 aromatic carbocycles. The summed E-state index contributed by atoms with van der Waals surface area (Å²) >= 11 is 0. The molecule has 2 saturated heterocycles. The molecule has 4 N–H and O–H groups in total. The third-order valence-electron chi connectivity index (χ3n) is 5.13. The molecular weight excluding hydrogens is 276 g/mol. The Morgan fingerprint density at radius 2 is 0.909 bits per heavy atom. The second-order valence-corrected chi connectivity index (χ2v) is 6.94. The van der Waals surface area contributed by atoms with E-state index in [1.165, 1.54) is 39.0 Å². The van der Waals surface area contributed by atoms with Crippen LogP contribution in [0.3, 0.4) is 0 Å². The average molecular weight is 313 g/mol. The zero-order valence-electron chi connectivity index (χ0n) is 14.6. The van der Waals surface area contributed by atoms with Crippen LogP contribution in [-0.2, 0) is 0 Å². The summed E-state index contributed by atoms with van der Waals surface area (Å²) in [7, 11) is 0. The fourth-order valence-electron chi connectivity index (χ4n) is 3.53. The highest BCUT2D eigenvalue weighted by Crippen LogP contribution is 2.07. The van der Waals surface area contributed by atoms with Crippen LogP contribution in [-0.4, -0.2) is 97.4 Å². The van der Waals surface area contributed by atoms with Gasteiger partial charge in [0.15, 0.2) is 0 Å². The van der Waals surface area contributed by atoms with Crippen molar-refractivity contribution in [2.75, 3.05) is 65.4 Å². The standard InChI is InChI=1S/C16H36N6/c1-15(17)21-7-3-5-20-10-9-19(11-13-21)6-4-8-22(14-12-20)16(2)18/h15-16H,3-14,17-18H2,1-2H3. The largest absolute Gasteiger partial charge is 0.316 e. The third kappa shape index (κ3) is 5.76. The normalized spacial score (nSPS) is 33.3. The number of rotatable bonds is 2. The first-order valence-corrected chi connectivity index (χ1v) is 9.00. The van der Waals surface area contributed by atoms with Crippen LogP contribution in [0.2, 0.25) is 0 Å². The minimum atomic E-state index is 0.163. The molecule has 0 radical (unpaired) electrons. The van der Waals surface area contributed by atoms with Gasteiger partial charge in [0.1, 0.15) is 0 Å². The maximum Gasteiger partial charge on any atom is 0.0543 e. The van der Waals surface area contributed by atoms with Crippen molar-refractivity contribution in [2.45, 2.75) is 39.0 Å². The van der Waals surface area contributed by atoms with Crippen molar-refractivity contribution in [1.29, 1.82) is 0 Å². The molecule has 2 heterocycles. The number of nitrogens with two attached hydrogens (primary N) is 2. The van der Waals surface area contributed by atoms with Crippen LogP contribution in [0.25, 0.3) is 0 Å². The van der Waals surface area contributed by atoms with E-state index in [9.17, 15) is 0 Å². The molecule has 2 bridgehead atoms. The van der Waals surface area contributed by atoms with Crippen molar-refractivity contribution >= 4 is 0 Å². The van der Waals surface area contributed by atoms with Crippen LogP contribution >= 0.6 is 0 Å². The smallest absolute Gasteiger partial charge is 0.0543 e. The summed E-state index contributed by atoms with van der Waals surface area (Å²) in [6, 6.07) is 0. The Bertz CT molecular complexity index is 279. The molecule has 2 rings (SSSR count). The lowest BCUT2D eigenvalue weighted by Crippen LogP contribution is -2.51. The summed E-state index contributed by atoms with van der Waals surface area (Å²) in [6.07, 6.45) is 2.74. The van der Waals surface area contributed by atoms with Gasteiger partial charge in [-0.15, -0.1) is 0 Å². The monoisotopic (exact) mass is 312 g/mol. The number of hydrogen-bond donors (Lipinski definition) is 2. The predicted octanol–water partition coefficient (Wildman–Crippen LogP) is -0.389. The molecule has 2 fully saturated rings. The molecule has 2 aliphatic rings.